The van der Waals surface area contributed by atoms with Crippen LogP contribution >= 0.6 is 0 Å². The van der Waals surface area contributed by atoms with Gasteiger partial charge in [-0.3, -0.25) is 5.32 Å². The summed E-state index contributed by atoms with van der Waals surface area (Å²) in [7, 11) is 0. The number of carbonyl (C=O) groups excluding carboxylic acids is 3. The van der Waals surface area contributed by atoms with E-state index in [2.05, 4.69) is 22.5 Å². The van der Waals surface area contributed by atoms with Crippen molar-refractivity contribution in [2.24, 2.45) is 0 Å². The van der Waals surface area contributed by atoms with Crippen LogP contribution < -0.4 is 10.6 Å². The number of nitrogens with one attached hydrogen (secondary N) is 2. The fourth-order valence-electron chi connectivity index (χ4n) is 1.93. The first-order valence-corrected chi connectivity index (χ1v) is 8.65. The van der Waals surface area contributed by atoms with E-state index in [4.69, 9.17) is 14.2 Å². The van der Waals surface area contributed by atoms with E-state index in [-0.39, 0.29) is 26.2 Å². The van der Waals surface area contributed by atoms with Gasteiger partial charge in [-0.15, -0.1) is 0 Å². The fourth-order valence-corrected chi connectivity index (χ4v) is 1.93. The average Bonchev–Trinajstić information content (AvgIpc) is 2.52. The van der Waals surface area contributed by atoms with Crippen molar-refractivity contribution >= 4 is 18.0 Å². The normalized spacial score (nSPS) is 11.0. The molecule has 0 saturated carbocycles. The Morgan fingerprint density at radius 3 is 1.88 bits per heavy atom. The maximum atomic E-state index is 12.4. The van der Waals surface area contributed by atoms with Crippen molar-refractivity contribution in [2.45, 2.75) is 59.1 Å². The lowest BCUT2D eigenvalue weighted by Crippen LogP contribution is -2.59. The molecule has 148 valence electrons. The molecule has 0 aromatic rings. The van der Waals surface area contributed by atoms with Crippen LogP contribution in [0.25, 0.3) is 0 Å². The highest BCUT2D eigenvalue weighted by molar-refractivity contribution is 6.05. The van der Waals surface area contributed by atoms with Crippen molar-refractivity contribution < 1.29 is 28.6 Å². The summed E-state index contributed by atoms with van der Waals surface area (Å²) in [6.07, 6.45) is -0.741. The number of esters is 2. The van der Waals surface area contributed by atoms with Crippen LogP contribution in [0.5, 0.6) is 0 Å². The van der Waals surface area contributed by atoms with Crippen molar-refractivity contribution in [1.29, 1.82) is 0 Å². The molecular weight excluding hydrogens is 340 g/mol. The van der Waals surface area contributed by atoms with Gasteiger partial charge in [0.2, 0.25) is 5.54 Å². The highest BCUT2D eigenvalue weighted by Crippen LogP contribution is 2.15. The molecule has 0 fully saturated rings. The minimum absolute atomic E-state index is 0.0166. The van der Waals surface area contributed by atoms with E-state index in [1.807, 2.05) is 0 Å². The summed E-state index contributed by atoms with van der Waals surface area (Å²) in [4.78, 5) is 36.3. The van der Waals surface area contributed by atoms with E-state index in [9.17, 15) is 14.4 Å². The van der Waals surface area contributed by atoms with E-state index in [0.29, 0.717) is 6.54 Å². The van der Waals surface area contributed by atoms with Crippen LogP contribution in [0.3, 0.4) is 0 Å². The maximum Gasteiger partial charge on any atom is 0.408 e. The molecule has 0 atom stereocenters. The zero-order valence-electron chi connectivity index (χ0n) is 16.5. The van der Waals surface area contributed by atoms with Crippen molar-refractivity contribution in [2.75, 3.05) is 26.3 Å². The smallest absolute Gasteiger partial charge is 0.408 e. The molecule has 0 bridgehead atoms. The van der Waals surface area contributed by atoms with Gasteiger partial charge >= 0.3 is 18.0 Å². The van der Waals surface area contributed by atoms with E-state index in [1.54, 1.807) is 41.5 Å². The Morgan fingerprint density at radius 1 is 0.923 bits per heavy atom. The number of hydrogen-bond acceptors (Lipinski definition) is 7. The predicted octanol–water partition coefficient (Wildman–Crippen LogP) is 1.38. The van der Waals surface area contributed by atoms with Crippen molar-refractivity contribution in [3.8, 4) is 11.8 Å². The Labute approximate surface area is 155 Å². The second-order valence-corrected chi connectivity index (χ2v) is 6.26. The summed E-state index contributed by atoms with van der Waals surface area (Å²) in [5.74, 6) is 3.93. The average molecular weight is 370 g/mol. The standard InChI is InChI=1S/C18H30N2O6/c1-7-20-18(14(21)24-8-2,15(22)25-9-3)12-10-11-13-19-16(23)26-17(4,5)6/h20H,7-9,12-13H2,1-6H3,(H,19,23). The molecule has 0 radical (unpaired) electrons. The van der Waals surface area contributed by atoms with Gasteiger partial charge in [-0.1, -0.05) is 18.8 Å². The van der Waals surface area contributed by atoms with E-state index in [1.165, 1.54) is 0 Å². The number of carbonyl (C=O) groups is 3. The summed E-state index contributed by atoms with van der Waals surface area (Å²) < 4.78 is 15.1. The number of hydrogen-bond donors (Lipinski definition) is 2. The van der Waals surface area contributed by atoms with Gasteiger partial charge in [-0.2, -0.15) is 0 Å². The lowest BCUT2D eigenvalue weighted by atomic mass is 9.95. The Bertz CT molecular complexity index is 524. The third-order valence-corrected chi connectivity index (χ3v) is 2.92. The Kier molecular flexibility index (Phi) is 10.4. The van der Waals surface area contributed by atoms with Gasteiger partial charge in [0.25, 0.3) is 0 Å². The highest BCUT2D eigenvalue weighted by Gasteiger charge is 2.48. The molecule has 8 nitrogen and oxygen atoms in total. The first-order valence-electron chi connectivity index (χ1n) is 8.65. The molecule has 0 aromatic carbocycles. The molecule has 0 saturated heterocycles. The lowest BCUT2D eigenvalue weighted by Gasteiger charge is -2.28. The molecule has 0 rings (SSSR count). The Hall–Kier alpha value is -2.27. The zero-order valence-corrected chi connectivity index (χ0v) is 16.5. The third kappa shape index (κ3) is 8.21. The molecule has 26 heavy (non-hydrogen) atoms. The van der Waals surface area contributed by atoms with Crippen molar-refractivity contribution in [1.82, 2.24) is 10.6 Å². The monoisotopic (exact) mass is 370 g/mol. The summed E-state index contributed by atoms with van der Waals surface area (Å²) in [5.41, 5.74) is -2.30. The molecular formula is C18H30N2O6. The first-order chi connectivity index (χ1) is 12.1. The number of amides is 1. The SMILES string of the molecule is CCNC(CC#CCNC(=O)OC(C)(C)C)(C(=O)OCC)C(=O)OCC. The molecule has 8 heteroatoms. The van der Waals surface area contributed by atoms with Crippen molar-refractivity contribution in [3.05, 3.63) is 0 Å². The number of rotatable bonds is 8. The lowest BCUT2D eigenvalue weighted by molar-refractivity contribution is -0.166. The van der Waals surface area contributed by atoms with Gasteiger partial charge in [0, 0.05) is 6.42 Å². The van der Waals surface area contributed by atoms with Gasteiger partial charge < -0.3 is 19.5 Å². The molecule has 0 aliphatic rings. The van der Waals surface area contributed by atoms with Crippen LogP contribution in [-0.2, 0) is 23.8 Å². The van der Waals surface area contributed by atoms with Crippen LogP contribution in [0.1, 0.15) is 48.0 Å². The fraction of sp³-hybridized carbons (Fsp3) is 0.722. The zero-order chi connectivity index (χ0) is 20.2. The van der Waals surface area contributed by atoms with Crippen LogP contribution in [0, 0.1) is 11.8 Å². The molecule has 0 aromatic heterocycles. The largest absolute Gasteiger partial charge is 0.464 e. The summed E-state index contributed by atoms with van der Waals surface area (Å²) in [5, 5.41) is 5.31. The second-order valence-electron chi connectivity index (χ2n) is 6.26. The van der Waals surface area contributed by atoms with Crippen LogP contribution in [0.2, 0.25) is 0 Å². The van der Waals surface area contributed by atoms with Crippen LogP contribution in [0.15, 0.2) is 0 Å². The van der Waals surface area contributed by atoms with Gasteiger partial charge in [0.1, 0.15) is 5.60 Å². The Morgan fingerprint density at radius 2 is 1.46 bits per heavy atom. The second kappa shape index (κ2) is 11.4. The van der Waals surface area contributed by atoms with Crippen LogP contribution in [-0.4, -0.2) is 55.5 Å². The molecule has 1 amide bonds. The Balaban J connectivity index is 5.07. The van der Waals surface area contributed by atoms with E-state index < -0.39 is 29.2 Å². The first kappa shape index (κ1) is 23.7. The van der Waals surface area contributed by atoms with E-state index >= 15 is 0 Å². The number of likely N-dealkylation sites (N-methyl/N-ethyl adjacent to an activating group) is 1. The topological polar surface area (TPSA) is 103 Å². The van der Waals surface area contributed by atoms with E-state index in [0.717, 1.165) is 0 Å². The predicted molar refractivity (Wildman–Crippen MR) is 96.3 cm³/mol. The van der Waals surface area contributed by atoms with Gasteiger partial charge in [-0.05, 0) is 41.2 Å². The van der Waals surface area contributed by atoms with Crippen LogP contribution in [0.4, 0.5) is 4.79 Å². The van der Waals surface area contributed by atoms with Gasteiger partial charge in [0.15, 0.2) is 0 Å². The molecule has 0 unspecified atom stereocenters. The summed E-state index contributed by atoms with van der Waals surface area (Å²) in [6, 6.07) is 0. The summed E-state index contributed by atoms with van der Waals surface area (Å²) in [6.45, 7) is 10.9. The van der Waals surface area contributed by atoms with Crippen molar-refractivity contribution in [3.63, 3.8) is 0 Å². The number of ether oxygens (including phenoxy) is 3. The summed E-state index contributed by atoms with van der Waals surface area (Å²) >= 11 is 0. The highest BCUT2D eigenvalue weighted by atomic mass is 16.6. The molecule has 0 spiro atoms. The minimum Gasteiger partial charge on any atom is -0.464 e. The van der Waals surface area contributed by atoms with Gasteiger partial charge in [-0.25, -0.2) is 14.4 Å². The molecule has 2 N–H and O–H groups in total. The molecule has 0 aliphatic heterocycles. The van der Waals surface area contributed by atoms with Gasteiger partial charge in [0.05, 0.1) is 19.8 Å². The maximum absolute atomic E-state index is 12.4. The number of alkyl carbamates (subject to hydrolysis) is 1. The quantitative estimate of drug-likeness (QED) is 0.288. The minimum atomic E-state index is -1.69. The molecule has 0 heterocycles. The third-order valence-electron chi connectivity index (χ3n) is 2.92. The molecule has 0 aliphatic carbocycles.